The largest absolute Gasteiger partial charge is 0.256 e. The predicted molar refractivity (Wildman–Crippen MR) is 229 cm³/mol. The van der Waals surface area contributed by atoms with Gasteiger partial charge in [0.1, 0.15) is 0 Å². The Hall–Kier alpha value is -5.79. The summed E-state index contributed by atoms with van der Waals surface area (Å²) >= 11 is 0. The van der Waals surface area contributed by atoms with Crippen LogP contribution in [0.2, 0.25) is 0 Å². The molecule has 3 aromatic carbocycles. The normalized spacial score (nSPS) is 23.5. The van der Waals surface area contributed by atoms with Gasteiger partial charge in [0, 0.05) is 29.4 Å². The molecule has 4 aliphatic rings. The summed E-state index contributed by atoms with van der Waals surface area (Å²) in [6, 6.07) is 28.0. The highest BCUT2D eigenvalue weighted by molar-refractivity contribution is 6.06. The van der Waals surface area contributed by atoms with E-state index in [9.17, 15) is 0 Å². The van der Waals surface area contributed by atoms with Crippen molar-refractivity contribution < 1.29 is 0 Å². The molecule has 3 aliphatic carbocycles. The topological polar surface area (TPSA) is 12.4 Å². The molecule has 0 bridgehead atoms. The zero-order valence-electron chi connectivity index (χ0n) is 31.3. The molecule has 3 aromatic rings. The molecule has 1 heterocycles. The van der Waals surface area contributed by atoms with Crippen LogP contribution >= 0.6 is 0 Å². The molecule has 5 unspecified atom stereocenters. The molecule has 1 aliphatic heterocycles. The maximum atomic E-state index is 5.29. The van der Waals surface area contributed by atoms with Crippen LogP contribution in [0.3, 0.4) is 0 Å². The summed E-state index contributed by atoms with van der Waals surface area (Å²) < 4.78 is 0. The number of nitrogens with zero attached hydrogens (tertiary/aromatic N) is 1. The van der Waals surface area contributed by atoms with E-state index >= 15 is 0 Å². The van der Waals surface area contributed by atoms with Gasteiger partial charge in [-0.1, -0.05) is 190 Å². The van der Waals surface area contributed by atoms with Crippen LogP contribution in [0.4, 0.5) is 0 Å². The molecule has 0 spiro atoms. The van der Waals surface area contributed by atoms with Crippen LogP contribution in [-0.2, 0) is 0 Å². The molecule has 1 nitrogen and oxygen atoms in total. The summed E-state index contributed by atoms with van der Waals surface area (Å²) in [4.78, 5) is 5.29. The first-order valence-corrected chi connectivity index (χ1v) is 18.9. The van der Waals surface area contributed by atoms with E-state index in [-0.39, 0.29) is 5.92 Å². The van der Waals surface area contributed by atoms with Crippen LogP contribution in [-0.4, -0.2) is 5.71 Å². The number of fused-ring (bicyclic) bond motifs is 5. The zero-order chi connectivity index (χ0) is 36.9. The number of aliphatic imine (C=N–C) groups is 1. The Kier molecular flexibility index (Phi) is 10.6. The minimum atomic E-state index is 0.249. The Morgan fingerprint density at radius 2 is 1.53 bits per heavy atom. The summed E-state index contributed by atoms with van der Waals surface area (Å²) in [5.74, 6) is 1.77. The quantitative estimate of drug-likeness (QED) is 0.188. The lowest BCUT2D eigenvalue weighted by molar-refractivity contribution is 0.424. The highest BCUT2D eigenvalue weighted by Crippen LogP contribution is 2.49. The Morgan fingerprint density at radius 3 is 2.32 bits per heavy atom. The van der Waals surface area contributed by atoms with E-state index in [4.69, 9.17) is 4.99 Å². The van der Waals surface area contributed by atoms with Gasteiger partial charge in [-0.25, -0.2) is 0 Å². The SMILES string of the molecule is C=C(/C=C\C1=C(C)C(C)C(/C=C\C(=C)c2ccccc2)C=C1)C(/C=C\C(=C)c1ccc(C2=NC3=CC=CCC3C3c4ccccc4C=CC23)cc1)=C/C. The fraction of sp³-hybridized carbons (Fsp3) is 0.173. The molecule has 0 aromatic heterocycles. The van der Waals surface area contributed by atoms with Gasteiger partial charge in [-0.2, -0.15) is 0 Å². The van der Waals surface area contributed by atoms with Crippen LogP contribution in [0.5, 0.6) is 0 Å². The molecular weight excluding hydrogens is 639 g/mol. The lowest BCUT2D eigenvalue weighted by Gasteiger charge is -2.41. The van der Waals surface area contributed by atoms with E-state index in [0.717, 1.165) is 45.6 Å². The fourth-order valence-electron chi connectivity index (χ4n) is 8.05. The van der Waals surface area contributed by atoms with Crippen molar-refractivity contribution in [1.82, 2.24) is 0 Å². The molecule has 0 saturated heterocycles. The van der Waals surface area contributed by atoms with E-state index < -0.39 is 0 Å². The van der Waals surface area contributed by atoms with Crippen LogP contribution in [0, 0.1) is 23.7 Å². The molecule has 5 atom stereocenters. The first-order valence-electron chi connectivity index (χ1n) is 18.9. The fourth-order valence-corrected chi connectivity index (χ4v) is 8.05. The highest BCUT2D eigenvalue weighted by Gasteiger charge is 2.41. The molecule has 262 valence electrons. The third-order valence-electron chi connectivity index (χ3n) is 11.4. The van der Waals surface area contributed by atoms with Crippen molar-refractivity contribution in [2.75, 3.05) is 0 Å². The van der Waals surface area contributed by atoms with Gasteiger partial charge in [-0.05, 0) is 87.9 Å². The van der Waals surface area contributed by atoms with Gasteiger partial charge in [-0.3, -0.25) is 4.99 Å². The summed E-state index contributed by atoms with van der Waals surface area (Å²) in [6.07, 6.45) is 31.9. The molecule has 0 amide bonds. The Labute approximate surface area is 317 Å². The van der Waals surface area contributed by atoms with Crippen molar-refractivity contribution in [2.24, 2.45) is 28.7 Å². The average molecular weight is 688 g/mol. The highest BCUT2D eigenvalue weighted by atomic mass is 14.8. The van der Waals surface area contributed by atoms with Gasteiger partial charge in [0.15, 0.2) is 0 Å². The lowest BCUT2D eigenvalue weighted by atomic mass is 9.65. The second kappa shape index (κ2) is 15.8. The summed E-state index contributed by atoms with van der Waals surface area (Å²) in [6.45, 7) is 19.7. The third-order valence-corrected chi connectivity index (χ3v) is 11.4. The Balaban J connectivity index is 1.00. The summed E-state index contributed by atoms with van der Waals surface area (Å²) in [5, 5.41) is 0. The van der Waals surface area contributed by atoms with Gasteiger partial charge in [-0.15, -0.1) is 0 Å². The molecule has 1 heteroatoms. The minimum absolute atomic E-state index is 0.249. The first kappa shape index (κ1) is 35.6. The smallest absolute Gasteiger partial charge is 0.0554 e. The van der Waals surface area contributed by atoms with E-state index in [1.54, 1.807) is 0 Å². The second-order valence-electron chi connectivity index (χ2n) is 14.6. The lowest BCUT2D eigenvalue weighted by Crippen LogP contribution is -2.35. The van der Waals surface area contributed by atoms with Gasteiger partial charge >= 0.3 is 0 Å². The number of rotatable bonds is 10. The predicted octanol–water partition coefficient (Wildman–Crippen LogP) is 13.4. The number of benzene rings is 3. The Morgan fingerprint density at radius 1 is 0.792 bits per heavy atom. The van der Waals surface area contributed by atoms with Gasteiger partial charge in [0.2, 0.25) is 0 Å². The zero-order valence-corrected chi connectivity index (χ0v) is 31.3. The average Bonchev–Trinajstić information content (AvgIpc) is 3.20. The van der Waals surface area contributed by atoms with E-state index in [1.165, 1.54) is 33.5 Å². The van der Waals surface area contributed by atoms with Crippen molar-refractivity contribution >= 4 is 22.9 Å². The monoisotopic (exact) mass is 687 g/mol. The van der Waals surface area contributed by atoms with Crippen molar-refractivity contribution in [3.63, 3.8) is 0 Å². The summed E-state index contributed by atoms with van der Waals surface area (Å²) in [7, 11) is 0. The summed E-state index contributed by atoms with van der Waals surface area (Å²) in [5.41, 5.74) is 15.2. The van der Waals surface area contributed by atoms with Crippen LogP contribution in [0.15, 0.2) is 211 Å². The Bertz CT molecular complexity index is 2230. The molecular formula is C52H49N. The van der Waals surface area contributed by atoms with Gasteiger partial charge in [0.05, 0.1) is 5.71 Å². The second-order valence-corrected chi connectivity index (χ2v) is 14.6. The standard InChI is InChI=1S/C52H49N/c1-7-40(35(2)22-25-43-29-30-44(39(6)38(43)5)26-23-36(3)41-15-9-8-10-16-41)24-21-37(4)42-27-31-46(32-28-42)52-49-34-33-45-17-11-12-18-47(45)51(49)48-19-13-14-20-50(48)53-52/h7-18,20-34,39,44,48-49,51H,2-4,19H2,1,5-6H3/b24-21-,25-22-,26-23-,40-7+. The van der Waals surface area contributed by atoms with E-state index in [1.807, 2.05) is 6.07 Å². The van der Waals surface area contributed by atoms with Crippen molar-refractivity contribution in [1.29, 1.82) is 0 Å². The number of hydrogen-bond acceptors (Lipinski definition) is 1. The molecule has 0 radical (unpaired) electrons. The van der Waals surface area contributed by atoms with Crippen LogP contribution in [0.25, 0.3) is 17.2 Å². The van der Waals surface area contributed by atoms with Gasteiger partial charge < -0.3 is 0 Å². The number of hydrogen-bond donors (Lipinski definition) is 0. The molecule has 0 fully saturated rings. The van der Waals surface area contributed by atoms with Crippen molar-refractivity contribution in [3.8, 4) is 0 Å². The van der Waals surface area contributed by atoms with E-state index in [0.29, 0.717) is 23.7 Å². The van der Waals surface area contributed by atoms with E-state index in [2.05, 4.69) is 198 Å². The molecule has 7 rings (SSSR count). The molecule has 0 saturated carbocycles. The van der Waals surface area contributed by atoms with Gasteiger partial charge in [0.25, 0.3) is 0 Å². The van der Waals surface area contributed by atoms with Crippen LogP contribution < -0.4 is 0 Å². The molecule has 53 heavy (non-hydrogen) atoms. The van der Waals surface area contributed by atoms with Crippen LogP contribution in [0.1, 0.15) is 60.9 Å². The third kappa shape index (κ3) is 7.57. The van der Waals surface area contributed by atoms with Crippen molar-refractivity contribution in [3.05, 3.63) is 233 Å². The maximum absolute atomic E-state index is 5.29. The van der Waals surface area contributed by atoms with Crippen molar-refractivity contribution in [2.45, 2.75) is 33.1 Å². The first-order chi connectivity index (χ1) is 25.8. The minimum Gasteiger partial charge on any atom is -0.256 e. The maximum Gasteiger partial charge on any atom is 0.0554 e. The molecule has 0 N–H and O–H groups in total. The number of allylic oxidation sites excluding steroid dienone is 20.